The predicted octanol–water partition coefficient (Wildman–Crippen LogP) is 2.82. The fourth-order valence-corrected chi connectivity index (χ4v) is 3.05. The van der Waals surface area contributed by atoms with Crippen molar-refractivity contribution in [3.05, 3.63) is 0 Å². The number of likely N-dealkylation sites (N-methyl/N-ethyl adjacent to an activating group) is 1. The summed E-state index contributed by atoms with van der Waals surface area (Å²) in [6.45, 7) is 6.83. The second-order valence-corrected chi connectivity index (χ2v) is 6.26. The van der Waals surface area contributed by atoms with E-state index in [1.54, 1.807) is 4.90 Å². The van der Waals surface area contributed by atoms with Crippen LogP contribution >= 0.6 is 0 Å². The molecule has 1 N–H and O–H groups in total. The molecule has 106 valence electrons. The van der Waals surface area contributed by atoms with E-state index < -0.39 is 5.60 Å². The van der Waals surface area contributed by atoms with Crippen molar-refractivity contribution in [2.45, 2.75) is 64.9 Å². The maximum atomic E-state index is 12.4. The summed E-state index contributed by atoms with van der Waals surface area (Å²) in [4.78, 5) is 14.2. The van der Waals surface area contributed by atoms with E-state index in [-0.39, 0.29) is 11.8 Å². The van der Waals surface area contributed by atoms with Gasteiger partial charge in [-0.3, -0.25) is 4.79 Å². The van der Waals surface area contributed by atoms with Gasteiger partial charge in [-0.25, -0.2) is 0 Å². The minimum absolute atomic E-state index is 0.102. The van der Waals surface area contributed by atoms with Crippen molar-refractivity contribution in [1.29, 1.82) is 0 Å². The Bertz CT molecular complexity index is 270. The number of aliphatic hydroxyl groups is 1. The smallest absolute Gasteiger partial charge is 0.225 e. The van der Waals surface area contributed by atoms with Crippen LogP contribution in [0.1, 0.15) is 59.3 Å². The summed E-state index contributed by atoms with van der Waals surface area (Å²) in [6.07, 6.45) is 5.82. The average Bonchev–Trinajstić information content (AvgIpc) is 2.71. The molecule has 3 nitrogen and oxygen atoms in total. The highest BCUT2D eigenvalue weighted by Crippen LogP contribution is 2.30. The van der Waals surface area contributed by atoms with Crippen LogP contribution in [0.25, 0.3) is 0 Å². The van der Waals surface area contributed by atoms with Crippen LogP contribution in [-0.2, 0) is 4.79 Å². The third-order valence-corrected chi connectivity index (χ3v) is 4.16. The molecule has 0 aromatic rings. The van der Waals surface area contributed by atoms with Gasteiger partial charge in [-0.05, 0) is 25.2 Å². The van der Waals surface area contributed by atoms with Crippen LogP contribution in [0.5, 0.6) is 0 Å². The SMILES string of the molecule is CCCC(C(=O)N(C)CC1(O)CCCC1)C(C)C. The maximum Gasteiger partial charge on any atom is 0.225 e. The van der Waals surface area contributed by atoms with Gasteiger partial charge in [-0.2, -0.15) is 0 Å². The second-order valence-electron chi connectivity index (χ2n) is 6.26. The van der Waals surface area contributed by atoms with E-state index in [4.69, 9.17) is 0 Å². The predicted molar refractivity (Wildman–Crippen MR) is 74.3 cm³/mol. The zero-order valence-corrected chi connectivity index (χ0v) is 12.4. The van der Waals surface area contributed by atoms with Crippen molar-refractivity contribution in [3.8, 4) is 0 Å². The minimum Gasteiger partial charge on any atom is -0.388 e. The molecule has 1 atom stereocenters. The highest BCUT2D eigenvalue weighted by atomic mass is 16.3. The first-order chi connectivity index (χ1) is 8.39. The lowest BCUT2D eigenvalue weighted by Gasteiger charge is -2.32. The first kappa shape index (κ1) is 15.5. The Morgan fingerprint density at radius 1 is 1.33 bits per heavy atom. The Morgan fingerprint density at radius 2 is 1.89 bits per heavy atom. The minimum atomic E-state index is -0.627. The van der Waals surface area contributed by atoms with Crippen molar-refractivity contribution in [2.24, 2.45) is 11.8 Å². The largest absolute Gasteiger partial charge is 0.388 e. The normalized spacial score (nSPS) is 20.1. The van der Waals surface area contributed by atoms with Crippen LogP contribution in [-0.4, -0.2) is 35.1 Å². The van der Waals surface area contributed by atoms with Crippen LogP contribution < -0.4 is 0 Å². The van der Waals surface area contributed by atoms with Gasteiger partial charge >= 0.3 is 0 Å². The molecular formula is C15H29NO2. The topological polar surface area (TPSA) is 40.5 Å². The Balaban J connectivity index is 2.58. The zero-order valence-electron chi connectivity index (χ0n) is 12.4. The third-order valence-electron chi connectivity index (χ3n) is 4.16. The lowest BCUT2D eigenvalue weighted by Crippen LogP contribution is -2.45. The molecule has 1 amide bonds. The molecule has 3 heteroatoms. The van der Waals surface area contributed by atoms with Crippen molar-refractivity contribution in [2.75, 3.05) is 13.6 Å². The van der Waals surface area contributed by atoms with Gasteiger partial charge in [-0.15, -0.1) is 0 Å². The van der Waals surface area contributed by atoms with Gasteiger partial charge in [0.2, 0.25) is 5.91 Å². The molecule has 1 aliphatic rings. The summed E-state index contributed by atoms with van der Waals surface area (Å²) < 4.78 is 0. The van der Waals surface area contributed by atoms with Gasteiger partial charge in [-0.1, -0.05) is 40.0 Å². The zero-order chi connectivity index (χ0) is 13.8. The van der Waals surface area contributed by atoms with Gasteiger partial charge in [0.05, 0.1) is 5.60 Å². The molecule has 1 unspecified atom stereocenters. The van der Waals surface area contributed by atoms with E-state index in [0.29, 0.717) is 12.5 Å². The Hall–Kier alpha value is -0.570. The number of nitrogens with zero attached hydrogens (tertiary/aromatic N) is 1. The van der Waals surface area contributed by atoms with Crippen LogP contribution in [0.2, 0.25) is 0 Å². The van der Waals surface area contributed by atoms with Gasteiger partial charge in [0.15, 0.2) is 0 Å². The maximum absolute atomic E-state index is 12.4. The summed E-state index contributed by atoms with van der Waals surface area (Å²) in [7, 11) is 1.84. The average molecular weight is 255 g/mol. The molecular weight excluding hydrogens is 226 g/mol. The van der Waals surface area contributed by atoms with E-state index in [0.717, 1.165) is 38.5 Å². The van der Waals surface area contributed by atoms with Crippen molar-refractivity contribution in [3.63, 3.8) is 0 Å². The molecule has 0 bridgehead atoms. The first-order valence-corrected chi connectivity index (χ1v) is 7.37. The fourth-order valence-electron chi connectivity index (χ4n) is 3.05. The third kappa shape index (κ3) is 3.98. The summed E-state index contributed by atoms with van der Waals surface area (Å²) >= 11 is 0. The lowest BCUT2D eigenvalue weighted by molar-refractivity contribution is -0.139. The quantitative estimate of drug-likeness (QED) is 0.793. The second kappa shape index (κ2) is 6.55. The van der Waals surface area contributed by atoms with E-state index in [9.17, 15) is 9.90 Å². The summed E-state index contributed by atoms with van der Waals surface area (Å²) in [5.41, 5.74) is -0.627. The van der Waals surface area contributed by atoms with E-state index in [2.05, 4.69) is 20.8 Å². The number of amides is 1. The Labute approximate surface area is 112 Å². The van der Waals surface area contributed by atoms with E-state index in [1.165, 1.54) is 0 Å². The van der Waals surface area contributed by atoms with Crippen molar-refractivity contribution < 1.29 is 9.90 Å². The standard InChI is InChI=1S/C15H29NO2/c1-5-8-13(12(2)3)14(17)16(4)11-15(18)9-6-7-10-15/h12-13,18H,5-11H2,1-4H3. The Kier molecular flexibility index (Phi) is 5.64. The molecule has 0 saturated heterocycles. The van der Waals surface area contributed by atoms with Crippen LogP contribution in [0, 0.1) is 11.8 Å². The number of hydrogen-bond acceptors (Lipinski definition) is 2. The molecule has 1 fully saturated rings. The Morgan fingerprint density at radius 3 is 2.33 bits per heavy atom. The van der Waals surface area contributed by atoms with Crippen molar-refractivity contribution >= 4 is 5.91 Å². The van der Waals surface area contributed by atoms with E-state index >= 15 is 0 Å². The van der Waals surface area contributed by atoms with Gasteiger partial charge < -0.3 is 10.0 Å². The van der Waals surface area contributed by atoms with E-state index in [1.807, 2.05) is 7.05 Å². The first-order valence-electron chi connectivity index (χ1n) is 7.37. The fraction of sp³-hybridized carbons (Fsp3) is 0.933. The number of rotatable bonds is 6. The van der Waals surface area contributed by atoms with Crippen LogP contribution in [0.15, 0.2) is 0 Å². The highest BCUT2D eigenvalue weighted by Gasteiger charge is 2.35. The number of carbonyl (C=O) groups is 1. The summed E-state index contributed by atoms with van der Waals surface area (Å²) in [5, 5.41) is 10.4. The highest BCUT2D eigenvalue weighted by molar-refractivity contribution is 5.78. The monoisotopic (exact) mass is 255 g/mol. The molecule has 18 heavy (non-hydrogen) atoms. The molecule has 0 aromatic heterocycles. The summed E-state index contributed by atoms with van der Waals surface area (Å²) in [6, 6.07) is 0. The van der Waals surface area contributed by atoms with Crippen molar-refractivity contribution in [1.82, 2.24) is 4.90 Å². The van der Waals surface area contributed by atoms with Crippen LogP contribution in [0.3, 0.4) is 0 Å². The molecule has 1 rings (SSSR count). The van der Waals surface area contributed by atoms with Crippen LogP contribution in [0.4, 0.5) is 0 Å². The lowest BCUT2D eigenvalue weighted by atomic mass is 9.89. The van der Waals surface area contributed by atoms with Gasteiger partial charge in [0.1, 0.15) is 0 Å². The van der Waals surface area contributed by atoms with Gasteiger partial charge in [0, 0.05) is 19.5 Å². The molecule has 0 aromatic carbocycles. The summed E-state index contributed by atoms with van der Waals surface area (Å²) in [5.74, 6) is 0.676. The molecule has 1 aliphatic carbocycles. The molecule has 0 aliphatic heterocycles. The number of carbonyl (C=O) groups excluding carboxylic acids is 1. The molecule has 0 heterocycles. The number of hydrogen-bond donors (Lipinski definition) is 1. The molecule has 1 saturated carbocycles. The molecule has 0 spiro atoms. The van der Waals surface area contributed by atoms with Gasteiger partial charge in [0.25, 0.3) is 0 Å². The molecule has 0 radical (unpaired) electrons.